The van der Waals surface area contributed by atoms with Crippen LogP contribution in [0.2, 0.25) is 0 Å². The van der Waals surface area contributed by atoms with E-state index in [0.29, 0.717) is 5.56 Å². The Labute approximate surface area is 229 Å². The number of carbonyl (C=O) groups excluding carboxylic acids is 4. The van der Waals surface area contributed by atoms with Crippen molar-refractivity contribution in [2.75, 3.05) is 6.61 Å². The monoisotopic (exact) mass is 552 g/mol. The van der Waals surface area contributed by atoms with Crippen molar-refractivity contribution in [2.24, 2.45) is 11.5 Å². The van der Waals surface area contributed by atoms with Crippen molar-refractivity contribution in [2.45, 2.75) is 43.4 Å². The second kappa shape index (κ2) is 13.9. The van der Waals surface area contributed by atoms with E-state index in [1.165, 1.54) is 0 Å². The number of amides is 4. The summed E-state index contributed by atoms with van der Waals surface area (Å²) in [6.07, 6.45) is 1.16. The van der Waals surface area contributed by atoms with Gasteiger partial charge in [-0.15, -0.1) is 0 Å². The zero-order valence-electron chi connectivity index (χ0n) is 21.5. The van der Waals surface area contributed by atoms with Crippen LogP contribution in [0.3, 0.4) is 0 Å². The predicted octanol–water partition coefficient (Wildman–Crippen LogP) is -1.31. The van der Waals surface area contributed by atoms with E-state index in [-0.39, 0.29) is 12.8 Å². The van der Waals surface area contributed by atoms with Gasteiger partial charge in [-0.2, -0.15) is 0 Å². The van der Waals surface area contributed by atoms with E-state index in [1.54, 1.807) is 36.5 Å². The van der Waals surface area contributed by atoms with Gasteiger partial charge >= 0.3 is 5.97 Å². The fourth-order valence-corrected chi connectivity index (χ4v) is 4.11. The second-order valence-electron chi connectivity index (χ2n) is 9.23. The molecule has 0 aliphatic rings. The number of carbonyl (C=O) groups is 5. The van der Waals surface area contributed by atoms with E-state index in [0.717, 1.165) is 16.5 Å². The fraction of sp³-hybridized carbons (Fsp3) is 0.296. The maximum absolute atomic E-state index is 12.9. The number of nitrogens with two attached hydrogens (primary N) is 2. The molecule has 0 saturated heterocycles. The average molecular weight is 553 g/mol. The number of hydrogen-bond donors (Lipinski definition) is 8. The first kappa shape index (κ1) is 29.8. The molecule has 212 valence electrons. The van der Waals surface area contributed by atoms with Crippen molar-refractivity contribution in [1.82, 2.24) is 20.9 Å². The molecule has 3 rings (SSSR count). The number of aliphatic hydroxyl groups is 1. The van der Waals surface area contributed by atoms with Gasteiger partial charge in [0.2, 0.25) is 23.6 Å². The molecular formula is C27H32N6O7. The molecule has 4 atom stereocenters. The number of aliphatic hydroxyl groups excluding tert-OH is 1. The molecule has 0 aliphatic carbocycles. The Morgan fingerprint density at radius 1 is 0.800 bits per heavy atom. The van der Waals surface area contributed by atoms with Crippen LogP contribution in [-0.2, 0) is 36.8 Å². The Bertz CT molecular complexity index is 1360. The molecule has 13 nitrogen and oxygen atoms in total. The minimum absolute atomic E-state index is 0.0528. The van der Waals surface area contributed by atoms with Gasteiger partial charge in [0.25, 0.3) is 0 Å². The Balaban J connectivity index is 1.64. The van der Waals surface area contributed by atoms with Crippen LogP contribution in [0.25, 0.3) is 10.9 Å². The molecule has 3 aromatic rings. The Morgan fingerprint density at radius 2 is 1.40 bits per heavy atom. The summed E-state index contributed by atoms with van der Waals surface area (Å²) >= 11 is 0. The lowest BCUT2D eigenvalue weighted by atomic mass is 10.0. The van der Waals surface area contributed by atoms with Gasteiger partial charge in [-0.1, -0.05) is 48.5 Å². The van der Waals surface area contributed by atoms with Crippen molar-refractivity contribution in [1.29, 1.82) is 0 Å². The van der Waals surface area contributed by atoms with E-state index >= 15 is 0 Å². The van der Waals surface area contributed by atoms with Crippen LogP contribution in [0.5, 0.6) is 0 Å². The molecule has 4 amide bonds. The minimum atomic E-state index is -1.56. The highest BCUT2D eigenvalue weighted by atomic mass is 16.4. The fourth-order valence-electron chi connectivity index (χ4n) is 4.11. The number of aliphatic carboxylic acids is 1. The lowest BCUT2D eigenvalue weighted by Gasteiger charge is -2.24. The topological polar surface area (TPSA) is 230 Å². The number of nitrogens with one attached hydrogen (secondary N) is 4. The first-order valence-corrected chi connectivity index (χ1v) is 12.5. The summed E-state index contributed by atoms with van der Waals surface area (Å²) in [5.74, 6) is -4.98. The molecule has 40 heavy (non-hydrogen) atoms. The molecule has 0 fully saturated rings. The normalized spacial score (nSPS) is 13.9. The number of fused-ring (bicyclic) bond motifs is 1. The summed E-state index contributed by atoms with van der Waals surface area (Å²) in [5.41, 5.74) is 13.6. The largest absolute Gasteiger partial charge is 0.480 e. The van der Waals surface area contributed by atoms with Crippen molar-refractivity contribution in [3.8, 4) is 0 Å². The Morgan fingerprint density at radius 3 is 2.05 bits per heavy atom. The van der Waals surface area contributed by atoms with Crippen LogP contribution in [0, 0.1) is 0 Å². The zero-order valence-corrected chi connectivity index (χ0v) is 21.5. The molecule has 4 unspecified atom stereocenters. The summed E-state index contributed by atoms with van der Waals surface area (Å²) < 4.78 is 0. The van der Waals surface area contributed by atoms with Crippen molar-refractivity contribution in [3.63, 3.8) is 0 Å². The summed E-state index contributed by atoms with van der Waals surface area (Å²) in [5, 5.41) is 27.1. The standard InChI is InChI=1S/C27H32N6O7/c28-18(11-16-13-30-19-9-5-4-8-17(16)19)24(36)33-22(14-34)26(38)31-20(12-23(29)35)25(37)32-21(27(39)40)10-15-6-2-1-3-7-15/h1-9,13,18,20-22,30,34H,10-12,14,28H2,(H2,29,35)(H,31,38)(H,32,37)(H,33,36)(H,39,40). The van der Waals surface area contributed by atoms with E-state index in [2.05, 4.69) is 20.9 Å². The second-order valence-corrected chi connectivity index (χ2v) is 9.23. The third kappa shape index (κ3) is 8.12. The Kier molecular flexibility index (Phi) is 10.3. The lowest BCUT2D eigenvalue weighted by Crippen LogP contribution is -2.59. The maximum Gasteiger partial charge on any atom is 0.326 e. The smallest absolute Gasteiger partial charge is 0.326 e. The quantitative estimate of drug-likeness (QED) is 0.119. The van der Waals surface area contributed by atoms with Crippen molar-refractivity contribution < 1.29 is 34.2 Å². The lowest BCUT2D eigenvalue weighted by molar-refractivity contribution is -0.142. The van der Waals surface area contributed by atoms with Gasteiger partial charge in [0.1, 0.15) is 18.1 Å². The highest BCUT2D eigenvalue weighted by molar-refractivity contribution is 5.96. The van der Waals surface area contributed by atoms with Crippen LogP contribution < -0.4 is 27.4 Å². The molecular weight excluding hydrogens is 520 g/mol. The van der Waals surface area contributed by atoms with Gasteiger partial charge in [0, 0.05) is 23.5 Å². The number of H-pyrrole nitrogens is 1. The predicted molar refractivity (Wildman–Crippen MR) is 144 cm³/mol. The number of rotatable bonds is 14. The number of para-hydroxylation sites is 1. The molecule has 0 bridgehead atoms. The highest BCUT2D eigenvalue weighted by Gasteiger charge is 2.31. The van der Waals surface area contributed by atoms with Crippen molar-refractivity contribution >= 4 is 40.5 Å². The number of carboxylic acid groups (broad SMARTS) is 1. The van der Waals surface area contributed by atoms with E-state index < -0.39 is 66.8 Å². The van der Waals surface area contributed by atoms with E-state index in [4.69, 9.17) is 11.5 Å². The van der Waals surface area contributed by atoms with E-state index in [1.807, 2.05) is 24.3 Å². The number of benzene rings is 2. The minimum Gasteiger partial charge on any atom is -0.480 e. The highest BCUT2D eigenvalue weighted by Crippen LogP contribution is 2.18. The summed E-state index contributed by atoms with van der Waals surface area (Å²) in [6, 6.07) is 10.5. The molecule has 13 heteroatoms. The third-order valence-electron chi connectivity index (χ3n) is 6.20. The molecule has 1 aromatic heterocycles. The summed E-state index contributed by atoms with van der Waals surface area (Å²) in [4.78, 5) is 64.9. The molecule has 0 radical (unpaired) electrons. The number of hydrogen-bond acceptors (Lipinski definition) is 7. The zero-order chi connectivity index (χ0) is 29.2. The van der Waals surface area contributed by atoms with Crippen LogP contribution in [-0.4, -0.2) is 75.6 Å². The number of aromatic amines is 1. The number of carboxylic acids is 1. The van der Waals surface area contributed by atoms with Crippen LogP contribution in [0.4, 0.5) is 0 Å². The van der Waals surface area contributed by atoms with Crippen LogP contribution in [0.1, 0.15) is 17.5 Å². The first-order valence-electron chi connectivity index (χ1n) is 12.5. The number of primary amides is 1. The number of aromatic nitrogens is 1. The van der Waals surface area contributed by atoms with Gasteiger partial charge < -0.3 is 42.6 Å². The van der Waals surface area contributed by atoms with Crippen LogP contribution >= 0.6 is 0 Å². The molecule has 0 saturated carbocycles. The van der Waals surface area contributed by atoms with Crippen molar-refractivity contribution in [3.05, 3.63) is 71.9 Å². The van der Waals surface area contributed by atoms with Gasteiger partial charge in [0.15, 0.2) is 0 Å². The van der Waals surface area contributed by atoms with Gasteiger partial charge in [-0.3, -0.25) is 19.2 Å². The third-order valence-corrected chi connectivity index (χ3v) is 6.20. The van der Waals surface area contributed by atoms with Crippen LogP contribution in [0.15, 0.2) is 60.8 Å². The molecule has 2 aromatic carbocycles. The molecule has 0 spiro atoms. The first-order chi connectivity index (χ1) is 19.1. The van der Waals surface area contributed by atoms with E-state index in [9.17, 15) is 34.2 Å². The molecule has 0 aliphatic heterocycles. The van der Waals surface area contributed by atoms with Gasteiger partial charge in [0.05, 0.1) is 19.1 Å². The summed E-state index contributed by atoms with van der Waals surface area (Å²) in [7, 11) is 0. The van der Waals surface area contributed by atoms with Gasteiger partial charge in [-0.25, -0.2) is 4.79 Å². The maximum atomic E-state index is 12.9. The Hall–Kier alpha value is -4.75. The SMILES string of the molecule is NC(=O)CC(NC(=O)C(CO)NC(=O)C(N)Cc1c[nH]c2ccccc12)C(=O)NC(Cc1ccccc1)C(=O)O. The van der Waals surface area contributed by atoms with Gasteiger partial charge in [-0.05, 0) is 23.6 Å². The molecule has 10 N–H and O–H groups in total. The molecule has 1 heterocycles. The average Bonchev–Trinajstić information content (AvgIpc) is 3.33. The summed E-state index contributed by atoms with van der Waals surface area (Å²) in [6.45, 7) is -0.839.